The molecule has 1 aromatic rings. The molecule has 7 heteroatoms. The van der Waals surface area contributed by atoms with Crippen LogP contribution in [0.1, 0.15) is 24.8 Å². The van der Waals surface area contributed by atoms with E-state index < -0.39 is 0 Å². The maximum Gasteiger partial charge on any atom is 0.188 e. The number of nitrogens with two attached hydrogens (primary N) is 1. The monoisotopic (exact) mass is 435 g/mol. The van der Waals surface area contributed by atoms with Crippen LogP contribution >= 0.6 is 24.0 Å². The molecular formula is C16H26IN3O3. The number of ether oxygens (including phenoxy) is 3. The van der Waals surface area contributed by atoms with Gasteiger partial charge in [0.25, 0.3) is 0 Å². The number of halogens is 1. The largest absolute Gasteiger partial charge is 0.493 e. The molecule has 1 saturated heterocycles. The van der Waals surface area contributed by atoms with Crippen LogP contribution in [-0.2, 0) is 11.3 Å². The average molecular weight is 435 g/mol. The van der Waals surface area contributed by atoms with Crippen LogP contribution in [0.15, 0.2) is 23.2 Å². The lowest BCUT2D eigenvalue weighted by atomic mass is 10.2. The summed E-state index contributed by atoms with van der Waals surface area (Å²) in [5.74, 6) is 1.85. The number of nitrogens with zero attached hydrogens (tertiary/aromatic N) is 1. The van der Waals surface area contributed by atoms with Crippen molar-refractivity contribution < 1.29 is 14.2 Å². The smallest absolute Gasteiger partial charge is 0.188 e. The van der Waals surface area contributed by atoms with Gasteiger partial charge in [0.2, 0.25) is 0 Å². The Bertz CT molecular complexity index is 505. The SMILES string of the molecule is COc1ccc(CN=C(N)NCCC2CCCO2)cc1OC.I. The van der Waals surface area contributed by atoms with E-state index in [4.69, 9.17) is 19.9 Å². The Kier molecular flexibility index (Phi) is 9.08. The zero-order chi connectivity index (χ0) is 15.8. The fourth-order valence-corrected chi connectivity index (χ4v) is 2.44. The van der Waals surface area contributed by atoms with E-state index in [1.807, 2.05) is 18.2 Å². The molecule has 3 N–H and O–H groups in total. The van der Waals surface area contributed by atoms with Crippen molar-refractivity contribution in [1.82, 2.24) is 5.32 Å². The Morgan fingerprint density at radius 3 is 2.78 bits per heavy atom. The summed E-state index contributed by atoms with van der Waals surface area (Å²) < 4.78 is 16.0. The molecule has 0 aromatic heterocycles. The van der Waals surface area contributed by atoms with Crippen LogP contribution in [0.3, 0.4) is 0 Å². The second-order valence-corrected chi connectivity index (χ2v) is 5.24. The molecule has 1 aromatic carbocycles. The Morgan fingerprint density at radius 1 is 1.35 bits per heavy atom. The third-order valence-corrected chi connectivity index (χ3v) is 3.68. The standard InChI is InChI=1S/C16H25N3O3.HI/c1-20-14-6-5-12(10-15(14)21-2)11-19-16(17)18-8-7-13-4-3-9-22-13;/h5-6,10,13H,3-4,7-9,11H2,1-2H3,(H3,17,18,19);1H. The number of rotatable bonds is 7. The molecule has 0 spiro atoms. The van der Waals surface area contributed by atoms with Crippen LogP contribution < -0.4 is 20.5 Å². The van der Waals surface area contributed by atoms with E-state index in [2.05, 4.69) is 10.3 Å². The van der Waals surface area contributed by atoms with E-state index in [0.29, 0.717) is 30.1 Å². The van der Waals surface area contributed by atoms with Gasteiger partial charge in [-0.2, -0.15) is 0 Å². The maximum absolute atomic E-state index is 5.88. The average Bonchev–Trinajstić information content (AvgIpc) is 3.06. The van der Waals surface area contributed by atoms with E-state index in [-0.39, 0.29) is 24.0 Å². The molecule has 0 aliphatic carbocycles. The van der Waals surface area contributed by atoms with Gasteiger partial charge >= 0.3 is 0 Å². The number of nitrogens with one attached hydrogen (secondary N) is 1. The summed E-state index contributed by atoms with van der Waals surface area (Å²) in [6, 6.07) is 5.72. The summed E-state index contributed by atoms with van der Waals surface area (Å²) in [4.78, 5) is 4.34. The molecule has 1 aliphatic rings. The number of hydrogen-bond donors (Lipinski definition) is 2. The van der Waals surface area contributed by atoms with E-state index >= 15 is 0 Å². The predicted molar refractivity (Wildman–Crippen MR) is 102 cm³/mol. The normalized spacial score (nSPS) is 17.5. The molecule has 1 unspecified atom stereocenters. The molecule has 0 radical (unpaired) electrons. The molecule has 130 valence electrons. The summed E-state index contributed by atoms with van der Waals surface area (Å²) in [7, 11) is 3.23. The minimum Gasteiger partial charge on any atom is -0.493 e. The molecule has 6 nitrogen and oxygen atoms in total. The van der Waals surface area contributed by atoms with Crippen molar-refractivity contribution in [1.29, 1.82) is 0 Å². The molecule has 1 heterocycles. The second kappa shape index (κ2) is 10.5. The second-order valence-electron chi connectivity index (χ2n) is 5.24. The van der Waals surface area contributed by atoms with E-state index in [0.717, 1.165) is 38.0 Å². The number of guanidine groups is 1. The van der Waals surface area contributed by atoms with Crippen LogP contribution in [0.25, 0.3) is 0 Å². The lowest BCUT2D eigenvalue weighted by Gasteiger charge is -2.11. The van der Waals surface area contributed by atoms with Gasteiger partial charge in [-0.1, -0.05) is 6.07 Å². The topological polar surface area (TPSA) is 78.1 Å². The van der Waals surface area contributed by atoms with Crippen molar-refractivity contribution >= 4 is 29.9 Å². The van der Waals surface area contributed by atoms with Crippen molar-refractivity contribution in [3.05, 3.63) is 23.8 Å². The van der Waals surface area contributed by atoms with Crippen LogP contribution in [-0.4, -0.2) is 39.4 Å². The van der Waals surface area contributed by atoms with E-state index in [1.165, 1.54) is 0 Å². The molecular weight excluding hydrogens is 409 g/mol. The minimum absolute atomic E-state index is 0. The molecule has 23 heavy (non-hydrogen) atoms. The first-order valence-electron chi connectivity index (χ1n) is 7.59. The summed E-state index contributed by atoms with van der Waals surface area (Å²) in [6.45, 7) is 2.17. The molecule has 1 fully saturated rings. The quantitative estimate of drug-likeness (QED) is 0.391. The van der Waals surface area contributed by atoms with Crippen molar-refractivity contribution in [2.75, 3.05) is 27.4 Å². The molecule has 1 atom stereocenters. The van der Waals surface area contributed by atoms with Gasteiger partial charge in [0.15, 0.2) is 17.5 Å². The zero-order valence-corrected chi connectivity index (χ0v) is 16.0. The molecule has 2 rings (SSSR count). The van der Waals surface area contributed by atoms with Crippen LogP contribution in [0, 0.1) is 0 Å². The third kappa shape index (κ3) is 6.42. The number of hydrogen-bond acceptors (Lipinski definition) is 4. The van der Waals surface area contributed by atoms with Crippen molar-refractivity contribution in [3.8, 4) is 11.5 Å². The lowest BCUT2D eigenvalue weighted by Crippen LogP contribution is -2.33. The first-order chi connectivity index (χ1) is 10.7. The summed E-state index contributed by atoms with van der Waals surface area (Å²) >= 11 is 0. The molecule has 0 amide bonds. The van der Waals surface area contributed by atoms with Crippen LogP contribution in [0.4, 0.5) is 0 Å². The Hall–Kier alpha value is -1.22. The third-order valence-electron chi connectivity index (χ3n) is 3.68. The molecule has 0 bridgehead atoms. The van der Waals surface area contributed by atoms with Crippen LogP contribution in [0.2, 0.25) is 0 Å². The fraction of sp³-hybridized carbons (Fsp3) is 0.562. The highest BCUT2D eigenvalue weighted by Gasteiger charge is 2.14. The lowest BCUT2D eigenvalue weighted by molar-refractivity contribution is 0.105. The van der Waals surface area contributed by atoms with E-state index in [1.54, 1.807) is 14.2 Å². The predicted octanol–water partition coefficient (Wildman–Crippen LogP) is 2.30. The summed E-state index contributed by atoms with van der Waals surface area (Å²) in [6.07, 6.45) is 3.64. The first-order valence-corrected chi connectivity index (χ1v) is 7.59. The minimum atomic E-state index is 0. The van der Waals surface area contributed by atoms with Crippen molar-refractivity contribution in [2.45, 2.75) is 31.9 Å². The highest BCUT2D eigenvalue weighted by atomic mass is 127. The van der Waals surface area contributed by atoms with Gasteiger partial charge in [-0.05, 0) is 37.0 Å². The zero-order valence-electron chi connectivity index (χ0n) is 13.7. The molecule has 1 aliphatic heterocycles. The summed E-state index contributed by atoms with van der Waals surface area (Å²) in [5.41, 5.74) is 6.89. The number of methoxy groups -OCH3 is 2. The number of benzene rings is 1. The van der Waals surface area contributed by atoms with Crippen LogP contribution in [0.5, 0.6) is 11.5 Å². The Balaban J connectivity index is 0.00000264. The maximum atomic E-state index is 5.88. The highest BCUT2D eigenvalue weighted by molar-refractivity contribution is 14.0. The van der Waals surface area contributed by atoms with Gasteiger partial charge in [-0.25, -0.2) is 4.99 Å². The van der Waals surface area contributed by atoms with Gasteiger partial charge in [-0.3, -0.25) is 0 Å². The molecule has 0 saturated carbocycles. The van der Waals surface area contributed by atoms with Crippen molar-refractivity contribution in [3.63, 3.8) is 0 Å². The number of aliphatic imine (C=N–C) groups is 1. The first kappa shape index (κ1) is 19.8. The summed E-state index contributed by atoms with van der Waals surface area (Å²) in [5, 5.41) is 3.12. The van der Waals surface area contributed by atoms with Gasteiger partial charge in [0.05, 0.1) is 26.9 Å². The highest BCUT2D eigenvalue weighted by Crippen LogP contribution is 2.27. The fourth-order valence-electron chi connectivity index (χ4n) is 2.44. The van der Waals surface area contributed by atoms with Gasteiger partial charge in [0.1, 0.15) is 0 Å². The van der Waals surface area contributed by atoms with Crippen molar-refractivity contribution in [2.24, 2.45) is 10.7 Å². The van der Waals surface area contributed by atoms with E-state index in [9.17, 15) is 0 Å². The Morgan fingerprint density at radius 2 is 2.13 bits per heavy atom. The van der Waals surface area contributed by atoms with Gasteiger partial charge < -0.3 is 25.3 Å². The van der Waals surface area contributed by atoms with Gasteiger partial charge in [0, 0.05) is 13.2 Å². The Labute approximate surface area is 154 Å². The van der Waals surface area contributed by atoms with Gasteiger partial charge in [-0.15, -0.1) is 24.0 Å².